The third kappa shape index (κ3) is 4.72. The molecule has 1 aromatic rings. The number of nitrogens with zero attached hydrogens (tertiary/aromatic N) is 2. The molecular formula is C17H25F2N3O. The van der Waals surface area contributed by atoms with Gasteiger partial charge in [-0.05, 0) is 51.2 Å². The minimum atomic E-state index is -0.915. The molecule has 1 amide bonds. The molecular weight excluding hydrogens is 300 g/mol. The van der Waals surface area contributed by atoms with Crippen molar-refractivity contribution < 1.29 is 13.6 Å². The molecule has 4 nitrogen and oxygen atoms in total. The van der Waals surface area contributed by atoms with Gasteiger partial charge in [-0.15, -0.1) is 0 Å². The second-order valence-corrected chi connectivity index (χ2v) is 5.98. The van der Waals surface area contributed by atoms with E-state index >= 15 is 0 Å². The van der Waals surface area contributed by atoms with E-state index < -0.39 is 11.6 Å². The topological polar surface area (TPSA) is 35.6 Å². The van der Waals surface area contributed by atoms with Crippen molar-refractivity contribution in [3.8, 4) is 0 Å². The number of benzene rings is 1. The Hall–Kier alpha value is -1.53. The van der Waals surface area contributed by atoms with Crippen molar-refractivity contribution in [3.63, 3.8) is 0 Å². The highest BCUT2D eigenvalue weighted by atomic mass is 19.2. The van der Waals surface area contributed by atoms with Crippen molar-refractivity contribution in [2.24, 2.45) is 0 Å². The van der Waals surface area contributed by atoms with E-state index in [4.69, 9.17) is 0 Å². The minimum Gasteiger partial charge on any atom is -0.313 e. The predicted octanol–water partition coefficient (Wildman–Crippen LogP) is 2.52. The highest BCUT2D eigenvalue weighted by molar-refractivity contribution is 5.93. The average Bonchev–Trinajstić information content (AvgIpc) is 2.52. The van der Waals surface area contributed by atoms with Gasteiger partial charge in [0.2, 0.25) is 5.91 Å². The number of rotatable bonds is 1. The monoisotopic (exact) mass is 325 g/mol. The van der Waals surface area contributed by atoms with Crippen LogP contribution in [0.3, 0.4) is 0 Å². The van der Waals surface area contributed by atoms with Crippen LogP contribution in [0.25, 0.3) is 0 Å². The fourth-order valence-electron chi connectivity index (χ4n) is 2.85. The number of hydrogen-bond acceptors (Lipinski definition) is 3. The van der Waals surface area contributed by atoms with Gasteiger partial charge in [0.15, 0.2) is 11.6 Å². The van der Waals surface area contributed by atoms with Crippen molar-refractivity contribution in [1.29, 1.82) is 0 Å². The molecule has 1 aliphatic rings. The number of amides is 1. The molecule has 0 saturated heterocycles. The zero-order valence-electron chi connectivity index (χ0n) is 13.9. The van der Waals surface area contributed by atoms with E-state index in [9.17, 15) is 13.6 Å². The average molecular weight is 325 g/mol. The largest absolute Gasteiger partial charge is 0.313 e. The molecule has 23 heavy (non-hydrogen) atoms. The first kappa shape index (κ1) is 17.8. The Bertz CT molecular complexity index is 551. The fourth-order valence-corrected chi connectivity index (χ4v) is 2.85. The normalized spacial score (nSPS) is 18.0. The summed E-state index contributed by atoms with van der Waals surface area (Å²) in [6, 6.07) is 2.35. The van der Waals surface area contributed by atoms with Crippen molar-refractivity contribution in [2.75, 3.05) is 38.1 Å². The van der Waals surface area contributed by atoms with Gasteiger partial charge in [0.25, 0.3) is 0 Å². The van der Waals surface area contributed by atoms with Crippen LogP contribution in [0, 0.1) is 11.6 Å². The third-order valence-corrected chi connectivity index (χ3v) is 4.15. The summed E-state index contributed by atoms with van der Waals surface area (Å²) in [5.41, 5.74) is 1.10. The van der Waals surface area contributed by atoms with Gasteiger partial charge in [-0.2, -0.15) is 0 Å². The number of fused-ring (bicyclic) bond motifs is 1. The molecule has 1 aliphatic heterocycles. The lowest BCUT2D eigenvalue weighted by atomic mass is 10.1. The number of halogens is 2. The van der Waals surface area contributed by atoms with E-state index in [1.807, 2.05) is 0 Å². The van der Waals surface area contributed by atoms with Gasteiger partial charge in [0, 0.05) is 25.6 Å². The van der Waals surface area contributed by atoms with Crippen molar-refractivity contribution >= 4 is 11.6 Å². The summed E-state index contributed by atoms with van der Waals surface area (Å²) in [6.45, 7) is 5.34. The molecule has 1 aromatic carbocycles. The molecule has 0 atom stereocenters. The second-order valence-electron chi connectivity index (χ2n) is 5.98. The molecule has 1 N–H and O–H groups in total. The van der Waals surface area contributed by atoms with Gasteiger partial charge in [0.05, 0.1) is 5.69 Å². The molecule has 0 bridgehead atoms. The Kier molecular flexibility index (Phi) is 6.47. The summed E-state index contributed by atoms with van der Waals surface area (Å²) in [7, 11) is 2.06. The van der Waals surface area contributed by atoms with Crippen molar-refractivity contribution in [3.05, 3.63) is 29.3 Å². The first-order valence-electron chi connectivity index (χ1n) is 8.20. The van der Waals surface area contributed by atoms with Crippen LogP contribution in [-0.2, 0) is 11.3 Å². The van der Waals surface area contributed by atoms with Crippen molar-refractivity contribution in [2.45, 2.75) is 32.7 Å². The Labute approximate surface area is 136 Å². The van der Waals surface area contributed by atoms with E-state index in [-0.39, 0.29) is 5.91 Å². The van der Waals surface area contributed by atoms with Crippen LogP contribution in [0.5, 0.6) is 0 Å². The molecule has 128 valence electrons. The van der Waals surface area contributed by atoms with Crippen LogP contribution in [0.2, 0.25) is 0 Å². The Morgan fingerprint density at radius 1 is 1.17 bits per heavy atom. The van der Waals surface area contributed by atoms with E-state index in [0.717, 1.165) is 38.5 Å². The van der Waals surface area contributed by atoms with Gasteiger partial charge in [0.1, 0.15) is 0 Å². The highest BCUT2D eigenvalue weighted by Gasteiger charge is 2.20. The molecule has 2 rings (SSSR count). The van der Waals surface area contributed by atoms with Crippen LogP contribution in [-0.4, -0.2) is 44.0 Å². The summed E-state index contributed by atoms with van der Waals surface area (Å²) in [5.74, 6) is -1.86. The van der Waals surface area contributed by atoms with Gasteiger partial charge in [-0.1, -0.05) is 6.92 Å². The number of hydrogen-bond donors (Lipinski definition) is 1. The van der Waals surface area contributed by atoms with Gasteiger partial charge >= 0.3 is 0 Å². The maximum absolute atomic E-state index is 13.7. The highest BCUT2D eigenvalue weighted by Crippen LogP contribution is 2.25. The molecule has 0 radical (unpaired) electrons. The van der Waals surface area contributed by atoms with Crippen LogP contribution in [0.15, 0.2) is 12.1 Å². The van der Waals surface area contributed by atoms with E-state index in [0.29, 0.717) is 30.8 Å². The predicted molar refractivity (Wildman–Crippen MR) is 87.4 cm³/mol. The maximum atomic E-state index is 13.7. The standard InChI is InChI=1S/C17H25F2N3O/c1-3-17(23)22-9-5-8-21(2)7-4-6-20-12-13-10-14(18)15(19)11-16(13)22/h10-11,20H,3-9,12H2,1-2H3. The maximum Gasteiger partial charge on any atom is 0.226 e. The first-order valence-corrected chi connectivity index (χ1v) is 8.20. The van der Waals surface area contributed by atoms with Gasteiger partial charge < -0.3 is 15.1 Å². The Balaban J connectivity index is 2.35. The summed E-state index contributed by atoms with van der Waals surface area (Å²) in [4.78, 5) is 16.1. The van der Waals surface area contributed by atoms with Crippen LogP contribution in [0.4, 0.5) is 14.5 Å². The third-order valence-electron chi connectivity index (χ3n) is 4.15. The van der Waals surface area contributed by atoms with E-state index in [1.165, 1.54) is 6.07 Å². The fraction of sp³-hybridized carbons (Fsp3) is 0.588. The number of nitrogens with one attached hydrogen (secondary N) is 1. The summed E-state index contributed by atoms with van der Waals surface area (Å²) < 4.78 is 27.3. The molecule has 0 fully saturated rings. The summed E-state index contributed by atoms with van der Waals surface area (Å²) in [6.07, 6.45) is 2.13. The quantitative estimate of drug-likeness (QED) is 0.862. The number of carbonyl (C=O) groups is 1. The van der Waals surface area contributed by atoms with E-state index in [2.05, 4.69) is 17.3 Å². The van der Waals surface area contributed by atoms with Crippen LogP contribution < -0.4 is 10.2 Å². The number of anilines is 1. The summed E-state index contributed by atoms with van der Waals surface area (Å²) >= 11 is 0. The molecule has 1 heterocycles. The van der Waals surface area contributed by atoms with Crippen LogP contribution >= 0.6 is 0 Å². The minimum absolute atomic E-state index is 0.0722. The Morgan fingerprint density at radius 2 is 1.87 bits per heavy atom. The molecule has 0 spiro atoms. The lowest BCUT2D eigenvalue weighted by Crippen LogP contribution is -2.36. The SMILES string of the molecule is CCC(=O)N1CCCN(C)CCCNCc2cc(F)c(F)cc21. The lowest BCUT2D eigenvalue weighted by Gasteiger charge is -2.27. The Morgan fingerprint density at radius 3 is 2.61 bits per heavy atom. The zero-order chi connectivity index (χ0) is 16.8. The first-order chi connectivity index (χ1) is 11.0. The zero-order valence-corrected chi connectivity index (χ0v) is 13.9. The summed E-state index contributed by atoms with van der Waals surface area (Å²) in [5, 5.41) is 3.25. The smallest absolute Gasteiger partial charge is 0.226 e. The molecule has 6 heteroatoms. The molecule has 0 saturated carbocycles. The van der Waals surface area contributed by atoms with Gasteiger partial charge in [-0.25, -0.2) is 8.78 Å². The van der Waals surface area contributed by atoms with Crippen molar-refractivity contribution in [1.82, 2.24) is 10.2 Å². The van der Waals surface area contributed by atoms with Gasteiger partial charge in [-0.3, -0.25) is 4.79 Å². The molecule has 0 unspecified atom stereocenters. The van der Waals surface area contributed by atoms with Crippen LogP contribution in [0.1, 0.15) is 31.7 Å². The van der Waals surface area contributed by atoms with E-state index in [1.54, 1.807) is 11.8 Å². The lowest BCUT2D eigenvalue weighted by molar-refractivity contribution is -0.118. The second kappa shape index (κ2) is 8.36. The number of carbonyl (C=O) groups excluding carboxylic acids is 1. The molecule has 0 aromatic heterocycles. The molecule has 0 aliphatic carbocycles.